The van der Waals surface area contributed by atoms with Crippen LogP contribution in [0.3, 0.4) is 0 Å². The van der Waals surface area contributed by atoms with Crippen LogP contribution in [0.4, 0.5) is 5.69 Å². The van der Waals surface area contributed by atoms with Gasteiger partial charge in [0.25, 0.3) is 5.91 Å². The maximum atomic E-state index is 12.6. The second-order valence-electron chi connectivity index (χ2n) is 8.09. The van der Waals surface area contributed by atoms with Crippen LogP contribution in [0.25, 0.3) is 16.8 Å². The Morgan fingerprint density at radius 1 is 0.903 bits per heavy atom. The molecule has 158 valence electrons. The summed E-state index contributed by atoms with van der Waals surface area (Å²) in [5, 5.41) is 10.8. The van der Waals surface area contributed by atoms with Crippen LogP contribution in [0.15, 0.2) is 72.8 Å². The van der Waals surface area contributed by atoms with E-state index in [1.165, 1.54) is 6.08 Å². The molecular weight excluding hydrogens is 406 g/mol. The SMILES string of the molecule is CC(C)(C)NC(=O)c1ccccc1NC(=S)NC(=O)/C=C/c1cccc2ccccc12. The highest BCUT2D eigenvalue weighted by atomic mass is 32.1. The Morgan fingerprint density at radius 3 is 2.35 bits per heavy atom. The second kappa shape index (κ2) is 9.53. The Hall–Kier alpha value is -3.51. The minimum Gasteiger partial charge on any atom is -0.347 e. The predicted octanol–water partition coefficient (Wildman–Crippen LogP) is 4.89. The van der Waals surface area contributed by atoms with Crippen LogP contribution in [0, 0.1) is 0 Å². The van der Waals surface area contributed by atoms with Crippen LogP contribution in [-0.2, 0) is 4.79 Å². The molecule has 0 aliphatic carbocycles. The zero-order valence-electron chi connectivity index (χ0n) is 17.7. The molecule has 0 fully saturated rings. The molecular formula is C25H25N3O2S. The van der Waals surface area contributed by atoms with Gasteiger partial charge in [0.1, 0.15) is 0 Å². The molecule has 0 atom stereocenters. The van der Waals surface area contributed by atoms with Crippen LogP contribution in [0.5, 0.6) is 0 Å². The fourth-order valence-electron chi connectivity index (χ4n) is 3.07. The molecule has 0 radical (unpaired) electrons. The summed E-state index contributed by atoms with van der Waals surface area (Å²) >= 11 is 5.27. The van der Waals surface area contributed by atoms with Gasteiger partial charge in [-0.3, -0.25) is 14.9 Å². The fourth-order valence-corrected chi connectivity index (χ4v) is 3.28. The number of fused-ring (bicyclic) bond motifs is 1. The first-order valence-electron chi connectivity index (χ1n) is 9.92. The Kier molecular flexibility index (Phi) is 6.82. The highest BCUT2D eigenvalue weighted by molar-refractivity contribution is 7.80. The van der Waals surface area contributed by atoms with Crippen molar-refractivity contribution in [1.29, 1.82) is 0 Å². The van der Waals surface area contributed by atoms with E-state index >= 15 is 0 Å². The van der Waals surface area contributed by atoms with Gasteiger partial charge in [0.2, 0.25) is 5.91 Å². The lowest BCUT2D eigenvalue weighted by atomic mass is 10.0. The summed E-state index contributed by atoms with van der Waals surface area (Å²) in [7, 11) is 0. The van der Waals surface area contributed by atoms with Crippen molar-refractivity contribution in [2.24, 2.45) is 0 Å². The standard InChI is InChI=1S/C25H25N3O2S/c1-25(2,3)28-23(30)20-13-6-7-14-21(20)26-24(31)27-22(29)16-15-18-11-8-10-17-9-4-5-12-19(17)18/h4-16H,1-3H3,(H,28,30)(H2,26,27,29,31)/b16-15+. The lowest BCUT2D eigenvalue weighted by Gasteiger charge is -2.21. The van der Waals surface area contributed by atoms with E-state index in [2.05, 4.69) is 16.0 Å². The van der Waals surface area contributed by atoms with Crippen molar-refractivity contribution in [3.05, 3.63) is 83.9 Å². The molecule has 0 heterocycles. The van der Waals surface area contributed by atoms with Crippen LogP contribution < -0.4 is 16.0 Å². The highest BCUT2D eigenvalue weighted by Crippen LogP contribution is 2.19. The van der Waals surface area contributed by atoms with Crippen LogP contribution in [-0.4, -0.2) is 22.5 Å². The molecule has 0 saturated heterocycles. The van der Waals surface area contributed by atoms with E-state index in [1.54, 1.807) is 30.3 Å². The Labute approximate surface area is 187 Å². The predicted molar refractivity (Wildman–Crippen MR) is 131 cm³/mol. The number of para-hydroxylation sites is 1. The minimum atomic E-state index is -0.370. The summed E-state index contributed by atoms with van der Waals surface area (Å²) < 4.78 is 0. The first kappa shape index (κ1) is 22.2. The van der Waals surface area contributed by atoms with E-state index < -0.39 is 0 Å². The molecule has 3 rings (SSSR count). The maximum Gasteiger partial charge on any atom is 0.253 e. The third-order valence-electron chi connectivity index (χ3n) is 4.38. The van der Waals surface area contributed by atoms with Gasteiger partial charge in [0, 0.05) is 11.6 Å². The van der Waals surface area contributed by atoms with Gasteiger partial charge in [-0.25, -0.2) is 0 Å². The largest absolute Gasteiger partial charge is 0.347 e. The van der Waals surface area contributed by atoms with Gasteiger partial charge in [0.05, 0.1) is 11.3 Å². The first-order valence-corrected chi connectivity index (χ1v) is 10.3. The molecule has 6 heteroatoms. The number of thiocarbonyl (C=S) groups is 1. The van der Waals surface area contributed by atoms with Crippen molar-refractivity contribution in [1.82, 2.24) is 10.6 Å². The average molecular weight is 432 g/mol. The summed E-state index contributed by atoms with van der Waals surface area (Å²) in [5.74, 6) is -0.581. The molecule has 3 N–H and O–H groups in total. The molecule has 0 bridgehead atoms. The number of hydrogen-bond donors (Lipinski definition) is 3. The molecule has 5 nitrogen and oxygen atoms in total. The Bertz CT molecular complexity index is 1160. The van der Waals surface area contributed by atoms with Gasteiger partial charge in [-0.2, -0.15) is 0 Å². The number of hydrogen-bond acceptors (Lipinski definition) is 3. The van der Waals surface area contributed by atoms with Crippen LogP contribution >= 0.6 is 12.2 Å². The van der Waals surface area contributed by atoms with Gasteiger partial charge >= 0.3 is 0 Å². The molecule has 0 aliphatic heterocycles. The number of nitrogens with one attached hydrogen (secondary N) is 3. The lowest BCUT2D eigenvalue weighted by molar-refractivity contribution is -0.115. The average Bonchev–Trinajstić information content (AvgIpc) is 2.71. The third kappa shape index (κ3) is 6.23. The van der Waals surface area contributed by atoms with Crippen molar-refractivity contribution in [3.63, 3.8) is 0 Å². The third-order valence-corrected chi connectivity index (χ3v) is 4.59. The lowest BCUT2D eigenvalue weighted by Crippen LogP contribution is -2.41. The van der Waals surface area contributed by atoms with Crippen molar-refractivity contribution in [2.75, 3.05) is 5.32 Å². The summed E-state index contributed by atoms with van der Waals surface area (Å²) in [4.78, 5) is 24.9. The first-order chi connectivity index (χ1) is 14.7. The molecule has 3 aromatic rings. The molecule has 0 saturated carbocycles. The van der Waals surface area contributed by atoms with E-state index in [4.69, 9.17) is 12.2 Å². The fraction of sp³-hybridized carbons (Fsp3) is 0.160. The normalized spacial score (nSPS) is 11.3. The molecule has 0 spiro atoms. The van der Waals surface area contributed by atoms with Gasteiger partial charge in [-0.15, -0.1) is 0 Å². The molecule has 2 amide bonds. The Morgan fingerprint density at radius 2 is 1.58 bits per heavy atom. The quantitative estimate of drug-likeness (QED) is 0.406. The highest BCUT2D eigenvalue weighted by Gasteiger charge is 2.18. The molecule has 0 aliphatic rings. The maximum absolute atomic E-state index is 12.6. The van der Waals surface area contributed by atoms with E-state index in [9.17, 15) is 9.59 Å². The smallest absolute Gasteiger partial charge is 0.253 e. The zero-order chi connectivity index (χ0) is 22.4. The number of rotatable bonds is 4. The van der Waals surface area contributed by atoms with E-state index in [1.807, 2.05) is 63.2 Å². The number of anilines is 1. The monoisotopic (exact) mass is 431 g/mol. The van der Waals surface area contributed by atoms with Gasteiger partial charge < -0.3 is 10.6 Å². The van der Waals surface area contributed by atoms with Crippen LogP contribution in [0.2, 0.25) is 0 Å². The summed E-state index contributed by atoms with van der Waals surface area (Å²) in [6.07, 6.45) is 3.19. The van der Waals surface area contributed by atoms with Gasteiger partial charge in [-0.05, 0) is 67.5 Å². The number of amides is 2. The Balaban J connectivity index is 1.67. The molecule has 0 aromatic heterocycles. The van der Waals surface area contributed by atoms with Crippen molar-refractivity contribution < 1.29 is 9.59 Å². The second-order valence-corrected chi connectivity index (χ2v) is 8.50. The molecule has 0 unspecified atom stereocenters. The van der Waals surface area contributed by atoms with Crippen molar-refractivity contribution in [3.8, 4) is 0 Å². The van der Waals surface area contributed by atoms with Crippen molar-refractivity contribution >= 4 is 51.7 Å². The summed E-state index contributed by atoms with van der Waals surface area (Å²) in [6.45, 7) is 5.73. The van der Waals surface area contributed by atoms with Crippen LogP contribution in [0.1, 0.15) is 36.7 Å². The molecule has 31 heavy (non-hydrogen) atoms. The van der Waals surface area contributed by atoms with E-state index in [0.29, 0.717) is 11.3 Å². The number of benzene rings is 3. The topological polar surface area (TPSA) is 70.2 Å². The summed E-state index contributed by atoms with van der Waals surface area (Å²) in [6, 6.07) is 20.9. The van der Waals surface area contributed by atoms with E-state index in [0.717, 1.165) is 16.3 Å². The van der Waals surface area contributed by atoms with Gasteiger partial charge in [-0.1, -0.05) is 54.6 Å². The summed E-state index contributed by atoms with van der Waals surface area (Å²) in [5.41, 5.74) is 1.54. The van der Waals surface area contributed by atoms with E-state index in [-0.39, 0.29) is 22.5 Å². The zero-order valence-corrected chi connectivity index (χ0v) is 18.5. The van der Waals surface area contributed by atoms with Crippen molar-refractivity contribution in [2.45, 2.75) is 26.3 Å². The minimum absolute atomic E-state index is 0.114. The molecule has 3 aromatic carbocycles. The number of carbonyl (C=O) groups excluding carboxylic acids is 2. The number of carbonyl (C=O) groups is 2. The van der Waals surface area contributed by atoms with Gasteiger partial charge in [0.15, 0.2) is 5.11 Å².